The van der Waals surface area contributed by atoms with Crippen molar-refractivity contribution in [1.82, 2.24) is 0 Å². The van der Waals surface area contributed by atoms with E-state index in [1.807, 2.05) is 30.4 Å². The molecule has 9 atom stereocenters. The number of carbonyl (C=O) groups is 2. The predicted molar refractivity (Wildman–Crippen MR) is 259 cm³/mol. The molecule has 1 aliphatic carbocycles. The molecule has 0 radical (unpaired) electrons. The van der Waals surface area contributed by atoms with Crippen LogP contribution in [0.2, 0.25) is 0 Å². The quantitative estimate of drug-likeness (QED) is 0.0102. The van der Waals surface area contributed by atoms with E-state index in [0.717, 1.165) is 44.9 Å². The van der Waals surface area contributed by atoms with Gasteiger partial charge in [0.05, 0.1) is 12.7 Å². The molecule has 0 bridgehead atoms. The summed E-state index contributed by atoms with van der Waals surface area (Å²) in [6.45, 7) is 3.00. The standard InChI is InChI=1S/C51H81O14P/c1-3-5-7-9-11-13-15-17-18-19-20-21-22-24-26-28-30-32-34-38-44(53)62-40-43(41-63-66(60,61)65-51-49(58)47(56)46(55)48(57)50(51)59)64-45(54)39-35-37-42(52)36-33-31-29-27-25-23-16-14-12-10-8-6-4-2/h11-14,17-18,20-21,23-26,29-33,36,42-43,46-52,55-59H,3-10,15-16,19,22,27-28,34-35,37-41H2,1-2H3,(H,60,61)/b13-11-,14-12-,18-17-,21-20-,25-23-,26-24-,31-29-,32-30-,36-33+/t42-,43+,46?,47-,48+,49+,50+,51?/m0/s1. The van der Waals surface area contributed by atoms with E-state index >= 15 is 0 Å². The minimum Gasteiger partial charge on any atom is -0.462 e. The topological polar surface area (TPSA) is 230 Å². The first kappa shape index (κ1) is 60.5. The Bertz CT molecular complexity index is 1580. The summed E-state index contributed by atoms with van der Waals surface area (Å²) >= 11 is 0. The number of hydrogen-bond donors (Lipinski definition) is 7. The smallest absolute Gasteiger partial charge is 0.462 e. The van der Waals surface area contributed by atoms with E-state index in [0.29, 0.717) is 12.8 Å². The fourth-order valence-corrected chi connectivity index (χ4v) is 7.28. The average Bonchev–Trinajstić information content (AvgIpc) is 3.29. The Labute approximate surface area is 394 Å². The van der Waals surface area contributed by atoms with Crippen molar-refractivity contribution >= 4 is 19.8 Å². The van der Waals surface area contributed by atoms with Crippen LogP contribution in [0.1, 0.15) is 136 Å². The Morgan fingerprint density at radius 2 is 1.00 bits per heavy atom. The lowest BCUT2D eigenvalue weighted by Crippen LogP contribution is -2.64. The number of esters is 2. The van der Waals surface area contributed by atoms with Crippen molar-refractivity contribution in [3.05, 3.63) is 109 Å². The number of phosphoric acid groups is 1. The lowest BCUT2D eigenvalue weighted by molar-refractivity contribution is -0.220. The van der Waals surface area contributed by atoms with Crippen LogP contribution in [-0.4, -0.2) is 110 Å². The Balaban J connectivity index is 2.60. The molecular formula is C51H81O14P. The first-order valence-electron chi connectivity index (χ1n) is 23.8. The van der Waals surface area contributed by atoms with E-state index in [-0.39, 0.29) is 25.7 Å². The number of hydrogen-bond acceptors (Lipinski definition) is 13. The number of aliphatic hydroxyl groups excluding tert-OH is 6. The van der Waals surface area contributed by atoms with E-state index in [9.17, 15) is 49.7 Å². The van der Waals surface area contributed by atoms with Crippen molar-refractivity contribution in [2.75, 3.05) is 13.2 Å². The maximum atomic E-state index is 12.8. The molecule has 1 rings (SSSR count). The Morgan fingerprint density at radius 1 is 0.545 bits per heavy atom. The maximum Gasteiger partial charge on any atom is 0.472 e. The van der Waals surface area contributed by atoms with Gasteiger partial charge in [-0.05, 0) is 83.5 Å². The van der Waals surface area contributed by atoms with Crippen LogP contribution in [0.4, 0.5) is 0 Å². The second-order valence-electron chi connectivity index (χ2n) is 16.1. The summed E-state index contributed by atoms with van der Waals surface area (Å²) in [5.41, 5.74) is 0. The maximum absolute atomic E-state index is 12.8. The van der Waals surface area contributed by atoms with Crippen LogP contribution >= 0.6 is 7.82 Å². The monoisotopic (exact) mass is 949 g/mol. The highest BCUT2D eigenvalue weighted by Crippen LogP contribution is 2.47. The number of allylic oxidation sites excluding steroid dienone is 17. The molecule has 0 aliphatic heterocycles. The van der Waals surface area contributed by atoms with Gasteiger partial charge in [0.25, 0.3) is 0 Å². The van der Waals surface area contributed by atoms with E-state index in [1.165, 1.54) is 38.5 Å². The number of phosphoric ester groups is 1. The van der Waals surface area contributed by atoms with Crippen molar-refractivity contribution in [2.24, 2.45) is 0 Å². The van der Waals surface area contributed by atoms with Gasteiger partial charge >= 0.3 is 19.8 Å². The fraction of sp³-hybridized carbons (Fsp3) is 0.608. The van der Waals surface area contributed by atoms with Gasteiger partial charge in [0.2, 0.25) is 0 Å². The lowest BCUT2D eigenvalue weighted by atomic mass is 9.85. The number of ether oxygens (including phenoxy) is 2. The van der Waals surface area contributed by atoms with Crippen molar-refractivity contribution in [3.63, 3.8) is 0 Å². The molecule has 374 valence electrons. The van der Waals surface area contributed by atoms with Crippen LogP contribution in [0.25, 0.3) is 0 Å². The Hall–Kier alpha value is -3.53. The molecule has 0 aromatic heterocycles. The highest BCUT2D eigenvalue weighted by Gasteiger charge is 2.51. The molecule has 0 saturated heterocycles. The minimum absolute atomic E-state index is 0.00362. The summed E-state index contributed by atoms with van der Waals surface area (Å²) in [5, 5.41) is 60.5. The highest BCUT2D eigenvalue weighted by atomic mass is 31.2. The van der Waals surface area contributed by atoms with E-state index < -0.39 is 81.8 Å². The molecule has 7 N–H and O–H groups in total. The third kappa shape index (κ3) is 31.4. The van der Waals surface area contributed by atoms with Gasteiger partial charge in [0, 0.05) is 12.8 Å². The zero-order valence-corrected chi connectivity index (χ0v) is 40.2. The summed E-state index contributed by atoms with van der Waals surface area (Å²) in [6.07, 6.45) is 37.4. The van der Waals surface area contributed by atoms with Crippen LogP contribution in [0.3, 0.4) is 0 Å². The summed E-state index contributed by atoms with van der Waals surface area (Å²) in [4.78, 5) is 35.7. The summed E-state index contributed by atoms with van der Waals surface area (Å²) in [7, 11) is -5.20. The zero-order chi connectivity index (χ0) is 48.7. The lowest BCUT2D eigenvalue weighted by Gasteiger charge is -2.41. The van der Waals surface area contributed by atoms with Gasteiger partial charge in [-0.25, -0.2) is 4.57 Å². The molecule has 1 fully saturated rings. The second kappa shape index (κ2) is 39.5. The van der Waals surface area contributed by atoms with Crippen molar-refractivity contribution in [1.29, 1.82) is 0 Å². The Kier molecular flexibility index (Phi) is 36.2. The predicted octanol–water partition coefficient (Wildman–Crippen LogP) is 8.58. The normalized spacial score (nSPS) is 22.7. The molecule has 0 heterocycles. The van der Waals surface area contributed by atoms with Crippen LogP contribution in [0.15, 0.2) is 109 Å². The van der Waals surface area contributed by atoms with Crippen molar-refractivity contribution < 1.29 is 68.2 Å². The molecular weight excluding hydrogens is 868 g/mol. The van der Waals surface area contributed by atoms with Crippen LogP contribution < -0.4 is 0 Å². The molecule has 14 nitrogen and oxygen atoms in total. The number of aliphatic hydroxyl groups is 6. The molecule has 3 unspecified atom stereocenters. The molecule has 0 aromatic carbocycles. The Morgan fingerprint density at radius 3 is 1.50 bits per heavy atom. The molecule has 0 amide bonds. The first-order chi connectivity index (χ1) is 31.8. The van der Waals surface area contributed by atoms with Gasteiger partial charge < -0.3 is 45.0 Å². The molecule has 66 heavy (non-hydrogen) atoms. The van der Waals surface area contributed by atoms with E-state index in [1.54, 1.807) is 12.2 Å². The highest BCUT2D eigenvalue weighted by molar-refractivity contribution is 7.47. The first-order valence-corrected chi connectivity index (χ1v) is 25.3. The summed E-state index contributed by atoms with van der Waals surface area (Å²) < 4.78 is 33.3. The summed E-state index contributed by atoms with van der Waals surface area (Å²) in [6, 6.07) is 0. The molecule has 15 heteroatoms. The average molecular weight is 949 g/mol. The van der Waals surface area contributed by atoms with Gasteiger partial charge in [-0.2, -0.15) is 0 Å². The zero-order valence-electron chi connectivity index (χ0n) is 39.3. The van der Waals surface area contributed by atoms with Crippen molar-refractivity contribution in [3.8, 4) is 0 Å². The third-order valence-corrected chi connectivity index (χ3v) is 11.2. The van der Waals surface area contributed by atoms with E-state index in [2.05, 4.69) is 80.7 Å². The van der Waals surface area contributed by atoms with Gasteiger partial charge in [0.15, 0.2) is 6.10 Å². The second-order valence-corrected chi connectivity index (χ2v) is 17.5. The number of unbranched alkanes of at least 4 members (excludes halogenated alkanes) is 6. The van der Waals surface area contributed by atoms with Crippen LogP contribution in [0.5, 0.6) is 0 Å². The largest absolute Gasteiger partial charge is 0.472 e. The van der Waals surface area contributed by atoms with Gasteiger partial charge in [-0.3, -0.25) is 18.6 Å². The molecule has 1 saturated carbocycles. The third-order valence-electron chi connectivity index (χ3n) is 10.2. The fourth-order valence-electron chi connectivity index (χ4n) is 6.31. The van der Waals surface area contributed by atoms with Gasteiger partial charge in [-0.1, -0.05) is 149 Å². The molecule has 1 aliphatic rings. The molecule has 0 aromatic rings. The van der Waals surface area contributed by atoms with E-state index in [4.69, 9.17) is 18.5 Å². The van der Waals surface area contributed by atoms with Crippen molar-refractivity contribution in [2.45, 2.75) is 185 Å². The summed E-state index contributed by atoms with van der Waals surface area (Å²) in [5.74, 6) is -1.41. The minimum atomic E-state index is -5.20. The van der Waals surface area contributed by atoms with Gasteiger partial charge in [-0.15, -0.1) is 0 Å². The van der Waals surface area contributed by atoms with Crippen LogP contribution in [0, 0.1) is 0 Å². The SMILES string of the molecule is CCCCC/C=C\C/C=C\C/C=C\C=C\[C@H](O)CCCC(=O)O[C@H](COC(=O)CC/C=C\C/C=C\C/C=C\C/C=C\C/C=C\CCCCC)COP(=O)(O)OC1[C@H](O)[C@H](O)C(O)[C@H](O)[C@H]1O. The van der Waals surface area contributed by atoms with Crippen LogP contribution in [-0.2, 0) is 32.7 Å². The van der Waals surface area contributed by atoms with Gasteiger partial charge in [0.1, 0.15) is 43.2 Å². The number of rotatable bonds is 37. The molecule has 0 spiro atoms. The number of carbonyl (C=O) groups excluding carboxylic acids is 2.